The molecule has 5 nitrogen and oxygen atoms in total. The first kappa shape index (κ1) is 14.7. The van der Waals surface area contributed by atoms with Gasteiger partial charge in [-0.3, -0.25) is 4.79 Å². The van der Waals surface area contributed by atoms with Crippen molar-refractivity contribution in [2.45, 2.75) is 26.1 Å². The highest BCUT2D eigenvalue weighted by Gasteiger charge is 2.35. The molecule has 0 aliphatic rings. The lowest BCUT2D eigenvalue weighted by Crippen LogP contribution is -2.43. The van der Waals surface area contributed by atoms with E-state index in [4.69, 9.17) is 0 Å². The highest BCUT2D eigenvalue weighted by atomic mass is 32.1. The van der Waals surface area contributed by atoms with Crippen LogP contribution in [0.2, 0.25) is 0 Å². The van der Waals surface area contributed by atoms with Gasteiger partial charge < -0.3 is 10.2 Å². The lowest BCUT2D eigenvalue weighted by atomic mass is 10.3. The van der Waals surface area contributed by atoms with Gasteiger partial charge in [0.1, 0.15) is 6.54 Å². The van der Waals surface area contributed by atoms with E-state index in [-0.39, 0.29) is 5.01 Å². The van der Waals surface area contributed by atoms with Crippen molar-refractivity contribution in [3.05, 3.63) is 5.01 Å². The van der Waals surface area contributed by atoms with Gasteiger partial charge in [-0.15, -0.1) is 10.2 Å². The number of alkyl halides is 3. The van der Waals surface area contributed by atoms with Gasteiger partial charge in [-0.25, -0.2) is 0 Å². The van der Waals surface area contributed by atoms with Gasteiger partial charge >= 0.3 is 6.18 Å². The molecule has 1 rings (SSSR count). The fourth-order valence-electron chi connectivity index (χ4n) is 1.22. The van der Waals surface area contributed by atoms with Gasteiger partial charge in [0.2, 0.25) is 10.1 Å². The first-order valence-electron chi connectivity index (χ1n) is 5.13. The van der Waals surface area contributed by atoms with Crippen molar-refractivity contribution in [1.82, 2.24) is 15.1 Å². The van der Waals surface area contributed by atoms with Crippen LogP contribution < -0.4 is 5.32 Å². The fourth-order valence-corrected chi connectivity index (χ4v) is 1.87. The number of hydrogen-bond acceptors (Lipinski definition) is 5. The number of aromatic nitrogens is 2. The number of amides is 1. The highest BCUT2D eigenvalue weighted by Crippen LogP contribution is 2.22. The van der Waals surface area contributed by atoms with Crippen LogP contribution in [0.25, 0.3) is 0 Å². The van der Waals surface area contributed by atoms with Gasteiger partial charge in [0.25, 0.3) is 5.91 Å². The van der Waals surface area contributed by atoms with Crippen molar-refractivity contribution in [1.29, 1.82) is 0 Å². The Balaban J connectivity index is 2.89. The smallest absolute Gasteiger partial charge is 0.363 e. The van der Waals surface area contributed by atoms with Gasteiger partial charge in [-0.05, 0) is 13.8 Å². The SMILES string of the molecule is CNc1nnc(C(=O)N(CC(F)(F)F)C(C)C)s1. The van der Waals surface area contributed by atoms with E-state index in [1.54, 1.807) is 7.05 Å². The Hall–Kier alpha value is -1.38. The van der Waals surface area contributed by atoms with Crippen LogP contribution in [0.4, 0.5) is 18.3 Å². The number of nitrogens with one attached hydrogen (secondary N) is 1. The topological polar surface area (TPSA) is 58.1 Å². The molecule has 1 aromatic heterocycles. The Morgan fingerprint density at radius 2 is 2.06 bits per heavy atom. The summed E-state index contributed by atoms with van der Waals surface area (Å²) in [6.45, 7) is 1.74. The average molecular weight is 282 g/mol. The Morgan fingerprint density at radius 3 is 2.44 bits per heavy atom. The fraction of sp³-hybridized carbons (Fsp3) is 0.667. The van der Waals surface area contributed by atoms with Crippen molar-refractivity contribution in [2.24, 2.45) is 0 Å². The monoisotopic (exact) mass is 282 g/mol. The lowest BCUT2D eigenvalue weighted by molar-refractivity contribution is -0.143. The minimum Gasteiger partial charge on any atom is -0.363 e. The average Bonchev–Trinajstić information content (AvgIpc) is 2.71. The Labute approximate surface area is 106 Å². The second-order valence-corrected chi connectivity index (χ2v) is 4.78. The minimum absolute atomic E-state index is 0.0581. The van der Waals surface area contributed by atoms with E-state index >= 15 is 0 Å². The summed E-state index contributed by atoms with van der Waals surface area (Å²) in [6.07, 6.45) is -4.43. The number of carbonyl (C=O) groups excluding carboxylic acids is 1. The number of nitrogens with zero attached hydrogens (tertiary/aromatic N) is 3. The van der Waals surface area contributed by atoms with E-state index in [0.717, 1.165) is 16.2 Å². The number of rotatable bonds is 4. The van der Waals surface area contributed by atoms with E-state index in [9.17, 15) is 18.0 Å². The summed E-state index contributed by atoms with van der Waals surface area (Å²) < 4.78 is 37.1. The van der Waals surface area contributed by atoms with Gasteiger partial charge in [0.15, 0.2) is 0 Å². The summed E-state index contributed by atoms with van der Waals surface area (Å²) in [6, 6.07) is -0.568. The van der Waals surface area contributed by atoms with Crippen LogP contribution in [-0.4, -0.2) is 46.8 Å². The van der Waals surface area contributed by atoms with Crippen molar-refractivity contribution in [2.75, 3.05) is 18.9 Å². The maximum absolute atomic E-state index is 12.4. The van der Waals surface area contributed by atoms with Gasteiger partial charge in [0, 0.05) is 13.1 Å². The quantitative estimate of drug-likeness (QED) is 0.917. The van der Waals surface area contributed by atoms with E-state index in [0.29, 0.717) is 5.13 Å². The maximum atomic E-state index is 12.4. The van der Waals surface area contributed by atoms with Crippen LogP contribution in [0.5, 0.6) is 0 Å². The number of anilines is 1. The largest absolute Gasteiger partial charge is 0.406 e. The molecular formula is C9H13F3N4OS. The summed E-state index contributed by atoms with van der Waals surface area (Å²) in [5.74, 6) is -0.763. The van der Waals surface area contributed by atoms with Gasteiger partial charge in [0.05, 0.1) is 0 Å². The third-order valence-electron chi connectivity index (χ3n) is 2.06. The van der Waals surface area contributed by atoms with Gasteiger partial charge in [-0.2, -0.15) is 13.2 Å². The van der Waals surface area contributed by atoms with Crippen LogP contribution >= 0.6 is 11.3 Å². The minimum atomic E-state index is -4.43. The Kier molecular flexibility index (Phi) is 4.49. The first-order valence-corrected chi connectivity index (χ1v) is 5.95. The van der Waals surface area contributed by atoms with Crippen LogP contribution in [0.15, 0.2) is 0 Å². The number of carbonyl (C=O) groups is 1. The molecule has 0 bridgehead atoms. The molecule has 102 valence electrons. The zero-order valence-electron chi connectivity index (χ0n) is 10.1. The summed E-state index contributed by atoms with van der Waals surface area (Å²) in [5.41, 5.74) is 0. The Morgan fingerprint density at radius 1 is 1.44 bits per heavy atom. The molecule has 0 fully saturated rings. The van der Waals surface area contributed by atoms with Crippen molar-refractivity contribution in [3.63, 3.8) is 0 Å². The normalized spacial score (nSPS) is 11.7. The molecule has 0 unspecified atom stereocenters. The molecule has 1 heterocycles. The summed E-state index contributed by atoms with van der Waals surface area (Å²) in [4.78, 5) is 12.6. The molecular weight excluding hydrogens is 269 g/mol. The molecule has 0 aliphatic carbocycles. The van der Waals surface area contributed by atoms with Crippen molar-refractivity contribution >= 4 is 22.4 Å². The van der Waals surface area contributed by atoms with Crippen LogP contribution in [0, 0.1) is 0 Å². The zero-order valence-corrected chi connectivity index (χ0v) is 10.9. The molecule has 0 saturated heterocycles. The third-order valence-corrected chi connectivity index (χ3v) is 2.98. The second-order valence-electron chi connectivity index (χ2n) is 3.80. The molecule has 0 aliphatic heterocycles. The molecule has 1 amide bonds. The molecule has 18 heavy (non-hydrogen) atoms. The summed E-state index contributed by atoms with van der Waals surface area (Å²) in [5, 5.41) is 10.2. The number of hydrogen-bond donors (Lipinski definition) is 1. The molecule has 0 saturated carbocycles. The van der Waals surface area contributed by atoms with Gasteiger partial charge in [-0.1, -0.05) is 11.3 Å². The van der Waals surface area contributed by atoms with Crippen LogP contribution in [-0.2, 0) is 0 Å². The summed E-state index contributed by atoms with van der Waals surface area (Å²) in [7, 11) is 1.59. The predicted octanol–water partition coefficient (Wildman–Crippen LogP) is 1.99. The molecule has 9 heteroatoms. The predicted molar refractivity (Wildman–Crippen MR) is 61.7 cm³/mol. The lowest BCUT2D eigenvalue weighted by Gasteiger charge is -2.26. The van der Waals surface area contributed by atoms with Crippen molar-refractivity contribution < 1.29 is 18.0 Å². The first-order chi connectivity index (χ1) is 8.24. The van der Waals surface area contributed by atoms with E-state index in [1.165, 1.54) is 13.8 Å². The van der Waals surface area contributed by atoms with Crippen LogP contribution in [0.3, 0.4) is 0 Å². The van der Waals surface area contributed by atoms with Crippen LogP contribution in [0.1, 0.15) is 23.6 Å². The molecule has 1 aromatic rings. The molecule has 1 N–H and O–H groups in total. The molecule has 0 aromatic carbocycles. The van der Waals surface area contributed by atoms with Crippen molar-refractivity contribution in [3.8, 4) is 0 Å². The standard InChI is InChI=1S/C9H13F3N4OS/c1-5(2)16(4-9(10,11)12)7(17)6-14-15-8(13-3)18-6/h5H,4H2,1-3H3,(H,13,15). The molecule has 0 atom stereocenters. The van der Waals surface area contributed by atoms with E-state index < -0.39 is 24.7 Å². The molecule has 0 spiro atoms. The zero-order chi connectivity index (χ0) is 13.9. The number of halogens is 3. The van der Waals surface area contributed by atoms with E-state index in [1.807, 2.05) is 0 Å². The third kappa shape index (κ3) is 3.83. The Bertz CT molecular complexity index is 418. The van der Waals surface area contributed by atoms with E-state index in [2.05, 4.69) is 15.5 Å². The second kappa shape index (κ2) is 5.51. The molecule has 0 radical (unpaired) electrons. The summed E-state index contributed by atoms with van der Waals surface area (Å²) >= 11 is 0.921. The maximum Gasteiger partial charge on any atom is 0.406 e. The highest BCUT2D eigenvalue weighted by molar-refractivity contribution is 7.17.